The molecule has 0 aromatic carbocycles. The number of rotatable bonds is 1. The Morgan fingerprint density at radius 1 is 1.50 bits per heavy atom. The number of hydrogen-bond acceptors (Lipinski definition) is 4. The van der Waals surface area contributed by atoms with Gasteiger partial charge in [-0.25, -0.2) is 0 Å². The fourth-order valence-corrected chi connectivity index (χ4v) is 3.58. The van der Waals surface area contributed by atoms with Crippen molar-refractivity contribution in [2.45, 2.75) is 45.3 Å². The molecule has 0 aromatic rings. The van der Waals surface area contributed by atoms with Gasteiger partial charge in [0.2, 0.25) is 0 Å². The maximum Gasteiger partial charge on any atom is 0.193 e. The molecule has 2 fully saturated rings. The Hall–Kier alpha value is -0.450. The number of hydrogen-bond donors (Lipinski definition) is 3. The SMILES string of the molecule is CC(C)(C)C1C[C@@]2(CN)C[C@]1(O)C(=O)[C@@H]2O. The van der Waals surface area contributed by atoms with E-state index in [9.17, 15) is 15.0 Å². The second-order valence-corrected chi connectivity index (χ2v) is 6.56. The molecule has 0 aliphatic heterocycles. The highest BCUT2D eigenvalue weighted by Gasteiger charge is 2.70. The van der Waals surface area contributed by atoms with Crippen molar-refractivity contribution in [2.24, 2.45) is 22.5 Å². The van der Waals surface area contributed by atoms with Crippen LogP contribution in [0.15, 0.2) is 0 Å². The number of aliphatic hydroxyl groups is 2. The van der Waals surface area contributed by atoms with Crippen LogP contribution in [-0.2, 0) is 4.79 Å². The van der Waals surface area contributed by atoms with Crippen LogP contribution in [0.4, 0.5) is 0 Å². The Balaban J connectivity index is 2.43. The zero-order valence-electron chi connectivity index (χ0n) is 10.2. The molecule has 1 unspecified atom stereocenters. The number of aliphatic hydroxyl groups excluding tert-OH is 1. The normalized spacial score (nSPS) is 47.8. The summed E-state index contributed by atoms with van der Waals surface area (Å²) >= 11 is 0. The molecule has 2 bridgehead atoms. The van der Waals surface area contributed by atoms with Gasteiger partial charge in [-0.3, -0.25) is 4.79 Å². The lowest BCUT2D eigenvalue weighted by molar-refractivity contribution is -0.154. The third-order valence-electron chi connectivity index (χ3n) is 4.52. The van der Waals surface area contributed by atoms with E-state index in [-0.39, 0.29) is 17.9 Å². The molecule has 4 atom stereocenters. The van der Waals surface area contributed by atoms with Crippen molar-refractivity contribution < 1.29 is 15.0 Å². The molecule has 4 nitrogen and oxygen atoms in total. The minimum Gasteiger partial charge on any atom is -0.385 e. The first-order chi connectivity index (χ1) is 7.17. The summed E-state index contributed by atoms with van der Waals surface area (Å²) in [5, 5.41) is 20.4. The Labute approximate surface area is 95.8 Å². The number of carbonyl (C=O) groups excluding carboxylic acids is 1. The highest BCUT2D eigenvalue weighted by molar-refractivity contribution is 5.96. The molecule has 2 saturated carbocycles. The molecule has 4 N–H and O–H groups in total. The van der Waals surface area contributed by atoms with E-state index in [0.29, 0.717) is 12.8 Å². The van der Waals surface area contributed by atoms with Gasteiger partial charge in [-0.15, -0.1) is 0 Å². The average Bonchev–Trinajstić information content (AvgIpc) is 2.59. The molecule has 0 saturated heterocycles. The molecule has 0 heterocycles. The Bertz CT molecular complexity index is 336. The minimum atomic E-state index is -1.36. The zero-order valence-corrected chi connectivity index (χ0v) is 10.2. The van der Waals surface area contributed by atoms with Gasteiger partial charge in [0, 0.05) is 17.9 Å². The number of Topliss-reactive ketones (excluding diaryl/α,β-unsaturated/α-hetero) is 1. The molecule has 4 heteroatoms. The van der Waals surface area contributed by atoms with Gasteiger partial charge in [0.1, 0.15) is 11.7 Å². The summed E-state index contributed by atoms with van der Waals surface area (Å²) in [5.74, 6) is -0.538. The van der Waals surface area contributed by atoms with Crippen molar-refractivity contribution in [1.82, 2.24) is 0 Å². The summed E-state index contributed by atoms with van der Waals surface area (Å²) < 4.78 is 0. The highest BCUT2D eigenvalue weighted by atomic mass is 16.3. The lowest BCUT2D eigenvalue weighted by Crippen LogP contribution is -2.53. The van der Waals surface area contributed by atoms with Crippen LogP contribution in [0.2, 0.25) is 0 Å². The lowest BCUT2D eigenvalue weighted by Gasteiger charge is -2.41. The molecular weight excluding hydrogens is 206 g/mol. The van der Waals surface area contributed by atoms with Gasteiger partial charge in [-0.1, -0.05) is 20.8 Å². The predicted octanol–water partition coefficient (Wildman–Crippen LogP) is 0.0623. The summed E-state index contributed by atoms with van der Waals surface area (Å²) in [6.07, 6.45) is -0.129. The third kappa shape index (κ3) is 1.24. The maximum atomic E-state index is 12.0. The number of nitrogens with two attached hydrogens (primary N) is 1. The minimum absolute atomic E-state index is 0.112. The summed E-state index contributed by atoms with van der Waals surface area (Å²) in [5.41, 5.74) is 3.59. The Morgan fingerprint density at radius 2 is 2.06 bits per heavy atom. The van der Waals surface area contributed by atoms with Crippen LogP contribution in [0.5, 0.6) is 0 Å². The molecule has 2 aliphatic rings. The van der Waals surface area contributed by atoms with E-state index in [1.165, 1.54) is 0 Å². The molecule has 2 rings (SSSR count). The summed E-state index contributed by atoms with van der Waals surface area (Å²) in [6, 6.07) is 0. The maximum absolute atomic E-state index is 12.0. The van der Waals surface area contributed by atoms with Gasteiger partial charge in [0.25, 0.3) is 0 Å². The average molecular weight is 227 g/mol. The number of fused-ring (bicyclic) bond motifs is 2. The van der Waals surface area contributed by atoms with Gasteiger partial charge < -0.3 is 15.9 Å². The monoisotopic (exact) mass is 227 g/mol. The van der Waals surface area contributed by atoms with E-state index in [0.717, 1.165) is 0 Å². The van der Waals surface area contributed by atoms with Crippen molar-refractivity contribution in [3.05, 3.63) is 0 Å². The van der Waals surface area contributed by atoms with E-state index in [4.69, 9.17) is 5.73 Å². The zero-order chi connectivity index (χ0) is 12.4. The second kappa shape index (κ2) is 3.06. The Kier molecular flexibility index (Phi) is 2.30. The second-order valence-electron chi connectivity index (χ2n) is 6.56. The predicted molar refractivity (Wildman–Crippen MR) is 59.6 cm³/mol. The van der Waals surface area contributed by atoms with Gasteiger partial charge in [-0.2, -0.15) is 0 Å². The van der Waals surface area contributed by atoms with Crippen LogP contribution < -0.4 is 5.73 Å². The van der Waals surface area contributed by atoms with Crippen LogP contribution in [-0.4, -0.2) is 34.2 Å². The van der Waals surface area contributed by atoms with Crippen LogP contribution >= 0.6 is 0 Å². The molecule has 2 aliphatic carbocycles. The van der Waals surface area contributed by atoms with Crippen molar-refractivity contribution in [3.63, 3.8) is 0 Å². The smallest absolute Gasteiger partial charge is 0.193 e. The first kappa shape index (κ1) is 12.0. The van der Waals surface area contributed by atoms with Gasteiger partial charge in [0.05, 0.1) is 0 Å². The summed E-state index contributed by atoms with van der Waals surface area (Å²) in [4.78, 5) is 12.0. The van der Waals surface area contributed by atoms with E-state index < -0.39 is 22.9 Å². The van der Waals surface area contributed by atoms with E-state index in [1.807, 2.05) is 20.8 Å². The standard InChI is InChI=1S/C12H21NO3/c1-10(2,3)7-4-11(6-13)5-12(7,16)9(15)8(11)14/h7-8,14,16H,4-6,13H2,1-3H3/t7?,8-,11-,12+/m0/s1. The highest BCUT2D eigenvalue weighted by Crippen LogP contribution is 2.61. The summed E-state index contributed by atoms with van der Waals surface area (Å²) in [7, 11) is 0. The van der Waals surface area contributed by atoms with Crippen molar-refractivity contribution in [1.29, 1.82) is 0 Å². The molecule has 0 amide bonds. The lowest BCUT2D eigenvalue weighted by atomic mass is 9.66. The van der Waals surface area contributed by atoms with Crippen LogP contribution in [0.3, 0.4) is 0 Å². The van der Waals surface area contributed by atoms with Crippen molar-refractivity contribution in [2.75, 3.05) is 6.54 Å². The van der Waals surface area contributed by atoms with Crippen molar-refractivity contribution >= 4 is 5.78 Å². The number of carbonyl (C=O) groups is 1. The molecular formula is C12H21NO3. The molecule has 16 heavy (non-hydrogen) atoms. The van der Waals surface area contributed by atoms with Gasteiger partial charge >= 0.3 is 0 Å². The van der Waals surface area contributed by atoms with Crippen LogP contribution in [0.1, 0.15) is 33.6 Å². The quantitative estimate of drug-likeness (QED) is 0.591. The largest absolute Gasteiger partial charge is 0.385 e. The van der Waals surface area contributed by atoms with Gasteiger partial charge in [-0.05, 0) is 18.3 Å². The topological polar surface area (TPSA) is 83.5 Å². The Morgan fingerprint density at radius 3 is 2.44 bits per heavy atom. The third-order valence-corrected chi connectivity index (χ3v) is 4.52. The fraction of sp³-hybridized carbons (Fsp3) is 0.917. The van der Waals surface area contributed by atoms with E-state index in [2.05, 4.69) is 0 Å². The van der Waals surface area contributed by atoms with Crippen LogP contribution in [0, 0.1) is 16.7 Å². The molecule has 0 aromatic heterocycles. The van der Waals surface area contributed by atoms with Crippen molar-refractivity contribution in [3.8, 4) is 0 Å². The number of ketones is 1. The fourth-order valence-electron chi connectivity index (χ4n) is 3.58. The molecule has 0 spiro atoms. The first-order valence-corrected chi connectivity index (χ1v) is 5.82. The van der Waals surface area contributed by atoms with E-state index >= 15 is 0 Å². The van der Waals surface area contributed by atoms with Crippen LogP contribution in [0.25, 0.3) is 0 Å². The molecule has 0 radical (unpaired) electrons. The first-order valence-electron chi connectivity index (χ1n) is 5.82. The molecule has 92 valence electrons. The van der Waals surface area contributed by atoms with E-state index in [1.54, 1.807) is 0 Å². The van der Waals surface area contributed by atoms with Gasteiger partial charge in [0.15, 0.2) is 5.78 Å². The summed E-state index contributed by atoms with van der Waals surface area (Å²) in [6.45, 7) is 6.30.